The van der Waals surface area contributed by atoms with Gasteiger partial charge in [0.05, 0.1) is 30.7 Å². The molecule has 3 heterocycles. The number of halogens is 2. The number of aromatic nitrogens is 2. The third-order valence-electron chi connectivity index (χ3n) is 10.7. The minimum absolute atomic E-state index is 0.0296. The summed E-state index contributed by atoms with van der Waals surface area (Å²) in [5, 5.41) is 2.79. The average molecular weight is 643 g/mol. The second-order valence-electron chi connectivity index (χ2n) is 15.1. The quantitative estimate of drug-likeness (QED) is 0.437. The van der Waals surface area contributed by atoms with E-state index in [2.05, 4.69) is 15.3 Å². The molecular weight excluding hydrogens is 598 g/mol. The lowest BCUT2D eigenvalue weighted by atomic mass is 9.85. The van der Waals surface area contributed by atoms with Gasteiger partial charge in [-0.3, -0.25) is 9.59 Å². The van der Waals surface area contributed by atoms with Crippen LogP contribution in [0.4, 0.5) is 13.6 Å². The molecule has 2 bridgehead atoms. The Morgan fingerprint density at radius 2 is 1.85 bits per heavy atom. The molecule has 6 rings (SSSR count). The van der Waals surface area contributed by atoms with Crippen LogP contribution < -0.4 is 14.8 Å². The Labute approximate surface area is 267 Å². The number of ether oxygens (including phenoxy) is 3. The normalized spacial score (nSPS) is 32.3. The Morgan fingerprint density at radius 3 is 2.48 bits per heavy atom. The van der Waals surface area contributed by atoms with Crippen LogP contribution in [0.3, 0.4) is 0 Å². The van der Waals surface area contributed by atoms with Crippen molar-refractivity contribution in [3.63, 3.8) is 0 Å². The van der Waals surface area contributed by atoms with Crippen molar-refractivity contribution in [2.75, 3.05) is 13.7 Å². The van der Waals surface area contributed by atoms with Gasteiger partial charge >= 0.3 is 12.0 Å². The molecule has 1 aromatic carbocycles. The summed E-state index contributed by atoms with van der Waals surface area (Å²) >= 11 is 0. The fourth-order valence-corrected chi connectivity index (χ4v) is 7.44. The molecule has 12 heteroatoms. The summed E-state index contributed by atoms with van der Waals surface area (Å²) in [4.78, 5) is 50.8. The first-order chi connectivity index (χ1) is 21.5. The smallest absolute Gasteiger partial charge is 0.408 e. The molecule has 4 aliphatic rings. The van der Waals surface area contributed by atoms with Gasteiger partial charge in [-0.1, -0.05) is 34.1 Å². The number of fused-ring (bicyclic) bond motifs is 5. The summed E-state index contributed by atoms with van der Waals surface area (Å²) in [6.45, 7) is 10.4. The van der Waals surface area contributed by atoms with Gasteiger partial charge in [0.2, 0.25) is 11.8 Å². The molecule has 1 aromatic heterocycles. The highest BCUT2D eigenvalue weighted by atomic mass is 19.3. The largest absolute Gasteiger partial charge is 0.497 e. The van der Waals surface area contributed by atoms with Crippen LogP contribution in [0, 0.1) is 22.7 Å². The first-order valence-electron chi connectivity index (χ1n) is 16.2. The number of Topliss-reactive ketones (excluding diaryl/α,β-unsaturated/α-hetero) is 1. The van der Waals surface area contributed by atoms with Crippen LogP contribution in [0.15, 0.2) is 18.2 Å². The zero-order valence-corrected chi connectivity index (χ0v) is 27.6. The number of amides is 2. The van der Waals surface area contributed by atoms with Gasteiger partial charge in [0.15, 0.2) is 11.5 Å². The number of nitrogens with one attached hydrogen (secondary N) is 1. The van der Waals surface area contributed by atoms with Gasteiger partial charge in [0, 0.05) is 23.3 Å². The molecule has 0 unspecified atom stereocenters. The molecule has 2 aliphatic carbocycles. The SMILES string of the molecule is COc1ccc2nc3c(nc2c1)O[C@H]1CN(C(=O)[C@H](C(C)(C)C)NC(=O)O[C@]2(C)C[C@H]2CCCC2(CC2)C3(F)F)[C@H](C(C)=O)[C@@H]1C. The molecule has 0 radical (unpaired) electrons. The lowest BCUT2D eigenvalue weighted by Crippen LogP contribution is -2.57. The van der Waals surface area contributed by atoms with Crippen LogP contribution >= 0.6 is 0 Å². The summed E-state index contributed by atoms with van der Waals surface area (Å²) in [5.41, 5.74) is -2.68. The number of ketones is 1. The zero-order valence-electron chi connectivity index (χ0n) is 27.6. The van der Waals surface area contributed by atoms with Crippen molar-refractivity contribution in [2.24, 2.45) is 22.7 Å². The third-order valence-corrected chi connectivity index (χ3v) is 10.7. The lowest BCUT2D eigenvalue weighted by molar-refractivity contribution is -0.141. The monoisotopic (exact) mass is 642 g/mol. The fraction of sp³-hybridized carbons (Fsp3) is 0.676. The third kappa shape index (κ3) is 5.55. The maximum Gasteiger partial charge on any atom is 0.408 e. The predicted molar refractivity (Wildman–Crippen MR) is 165 cm³/mol. The van der Waals surface area contributed by atoms with Crippen molar-refractivity contribution < 1.29 is 37.4 Å². The number of carbonyl (C=O) groups is 3. The first-order valence-corrected chi connectivity index (χ1v) is 16.2. The predicted octanol–water partition coefficient (Wildman–Crippen LogP) is 5.80. The van der Waals surface area contributed by atoms with E-state index in [0.29, 0.717) is 43.4 Å². The van der Waals surface area contributed by atoms with Gasteiger partial charge in [-0.05, 0) is 63.5 Å². The summed E-state index contributed by atoms with van der Waals surface area (Å²) in [5.74, 6) is -4.47. The van der Waals surface area contributed by atoms with Gasteiger partial charge in [0.1, 0.15) is 23.5 Å². The Balaban J connectivity index is 1.45. The zero-order chi connectivity index (χ0) is 33.4. The van der Waals surface area contributed by atoms with Crippen LogP contribution in [0.5, 0.6) is 11.6 Å². The minimum Gasteiger partial charge on any atom is -0.497 e. The molecule has 2 saturated carbocycles. The number of alkyl carbamates (subject to hydrolysis) is 1. The second-order valence-corrected chi connectivity index (χ2v) is 15.1. The lowest BCUT2D eigenvalue weighted by Gasteiger charge is -2.35. The first kappa shape index (κ1) is 32.4. The summed E-state index contributed by atoms with van der Waals surface area (Å²) in [6.07, 6.45) is 1.18. The molecule has 2 amide bonds. The van der Waals surface area contributed by atoms with Crippen molar-refractivity contribution >= 4 is 28.8 Å². The van der Waals surface area contributed by atoms with E-state index in [9.17, 15) is 14.4 Å². The van der Waals surface area contributed by atoms with E-state index in [1.165, 1.54) is 18.9 Å². The van der Waals surface area contributed by atoms with E-state index in [-0.39, 0.29) is 36.1 Å². The molecule has 1 spiro atoms. The van der Waals surface area contributed by atoms with Crippen LogP contribution in [-0.2, 0) is 20.2 Å². The number of hydrogen-bond donors (Lipinski definition) is 1. The molecule has 250 valence electrons. The van der Waals surface area contributed by atoms with Gasteiger partial charge in [0.25, 0.3) is 0 Å². The van der Waals surface area contributed by atoms with Crippen molar-refractivity contribution in [1.29, 1.82) is 0 Å². The number of hydrogen-bond acceptors (Lipinski definition) is 8. The Morgan fingerprint density at radius 1 is 1.13 bits per heavy atom. The summed E-state index contributed by atoms with van der Waals surface area (Å²) < 4.78 is 51.0. The highest BCUT2D eigenvalue weighted by Gasteiger charge is 2.65. The van der Waals surface area contributed by atoms with E-state index in [1.807, 2.05) is 27.7 Å². The molecule has 1 saturated heterocycles. The maximum atomic E-state index is 16.8. The van der Waals surface area contributed by atoms with Gasteiger partial charge in [-0.15, -0.1) is 0 Å². The molecule has 3 fully saturated rings. The van der Waals surface area contributed by atoms with Crippen LogP contribution in [0.25, 0.3) is 11.0 Å². The van der Waals surface area contributed by atoms with E-state index in [0.717, 1.165) is 0 Å². The van der Waals surface area contributed by atoms with Crippen molar-refractivity contribution in [3.8, 4) is 11.6 Å². The van der Waals surface area contributed by atoms with Gasteiger partial charge in [-0.25, -0.2) is 14.8 Å². The summed E-state index contributed by atoms with van der Waals surface area (Å²) in [6, 6.07) is 2.94. The number of alkyl halides is 2. The van der Waals surface area contributed by atoms with Crippen LogP contribution in [0.1, 0.15) is 85.8 Å². The van der Waals surface area contributed by atoms with E-state index < -0.39 is 64.2 Å². The Kier molecular flexibility index (Phi) is 7.75. The van der Waals surface area contributed by atoms with Crippen molar-refractivity contribution in [1.82, 2.24) is 20.2 Å². The minimum atomic E-state index is -3.35. The molecular formula is C34H44F2N4O6. The average Bonchev–Trinajstić information content (AvgIpc) is 3.87. The number of carbonyl (C=O) groups excluding carboxylic acids is 3. The molecule has 10 nitrogen and oxygen atoms in total. The molecule has 46 heavy (non-hydrogen) atoms. The number of nitrogens with zero attached hydrogens (tertiary/aromatic N) is 3. The summed E-state index contributed by atoms with van der Waals surface area (Å²) in [7, 11) is 1.50. The van der Waals surface area contributed by atoms with Crippen LogP contribution in [-0.4, -0.2) is 70.1 Å². The molecule has 6 atom stereocenters. The molecule has 1 N–H and O–H groups in total. The standard InChI is InChI=1S/C34H44F2N4O6/c1-18-24-17-40(25(18)19(2)41)29(42)27(31(3,4)5)39-30(43)46-32(6)16-20(32)9-8-12-33(13-14-33)34(35,36)26-28(45-24)38-23-15-21(44-7)10-11-22(23)37-26/h10-11,15,18,20,24-25,27H,8-9,12-14,16-17H2,1-7H3,(H,39,43)/t18-,20-,24+,25+,27-,32-/m1/s1. The number of rotatable bonds is 2. The molecule has 2 aliphatic heterocycles. The number of benzene rings is 1. The van der Waals surface area contributed by atoms with E-state index in [4.69, 9.17) is 14.2 Å². The topological polar surface area (TPSA) is 120 Å². The van der Waals surface area contributed by atoms with E-state index >= 15 is 8.78 Å². The fourth-order valence-electron chi connectivity index (χ4n) is 7.44. The molecule has 2 aromatic rings. The second kappa shape index (κ2) is 11.0. The maximum absolute atomic E-state index is 16.8. The van der Waals surface area contributed by atoms with Crippen LogP contribution in [0.2, 0.25) is 0 Å². The van der Waals surface area contributed by atoms with Gasteiger partial charge in [-0.2, -0.15) is 8.78 Å². The van der Waals surface area contributed by atoms with E-state index in [1.54, 1.807) is 25.1 Å². The number of methoxy groups -OCH3 is 1. The Bertz CT molecular complexity index is 1570. The van der Waals surface area contributed by atoms with Crippen molar-refractivity contribution in [3.05, 3.63) is 23.9 Å². The van der Waals surface area contributed by atoms with Gasteiger partial charge < -0.3 is 24.4 Å². The highest BCUT2D eigenvalue weighted by Crippen LogP contribution is 2.65. The Hall–Kier alpha value is -3.57. The van der Waals surface area contributed by atoms with Crippen molar-refractivity contribution in [2.45, 2.75) is 110 Å². The highest BCUT2D eigenvalue weighted by molar-refractivity contribution is 5.92.